The van der Waals surface area contributed by atoms with Crippen LogP contribution < -0.4 is 21.5 Å². The van der Waals surface area contributed by atoms with E-state index in [0.29, 0.717) is 5.69 Å². The molecule has 0 aliphatic rings. The Morgan fingerprint density at radius 2 is 1.83 bits per heavy atom. The summed E-state index contributed by atoms with van der Waals surface area (Å²) in [5.74, 6) is -0.805. The summed E-state index contributed by atoms with van der Waals surface area (Å²) in [6, 6.07) is 7.51. The number of hydrogen-bond acceptors (Lipinski definition) is 4. The predicted molar refractivity (Wildman–Crippen MR) is 108 cm³/mol. The number of rotatable bonds is 4. The lowest BCUT2D eigenvalue weighted by molar-refractivity contribution is -0.136. The van der Waals surface area contributed by atoms with Crippen LogP contribution in [0.3, 0.4) is 0 Å². The zero-order valence-corrected chi connectivity index (χ0v) is 16.4. The molecular weight excluding hydrogens is 401 g/mol. The van der Waals surface area contributed by atoms with Gasteiger partial charge in [0.2, 0.25) is 0 Å². The van der Waals surface area contributed by atoms with Gasteiger partial charge in [0.15, 0.2) is 0 Å². The molecule has 0 atom stereocenters. The molecule has 3 rings (SSSR count). The Morgan fingerprint density at radius 1 is 1.13 bits per heavy atom. The van der Waals surface area contributed by atoms with Crippen molar-refractivity contribution in [2.24, 2.45) is 0 Å². The second-order valence-electron chi connectivity index (χ2n) is 6.82. The summed E-state index contributed by atoms with van der Waals surface area (Å²) in [4.78, 5) is 40.9. The molecule has 1 amide bonds. The first-order valence-corrected chi connectivity index (χ1v) is 8.99. The van der Waals surface area contributed by atoms with E-state index in [-0.39, 0.29) is 23.0 Å². The number of carbonyl (C=O) groups excluding carboxylic acids is 1. The summed E-state index contributed by atoms with van der Waals surface area (Å²) in [5, 5.41) is 2.46. The highest BCUT2D eigenvalue weighted by Gasteiger charge is 2.34. The first-order chi connectivity index (χ1) is 14.0. The maximum Gasteiger partial charge on any atom is 0.418 e. The molecule has 0 spiro atoms. The van der Waals surface area contributed by atoms with Gasteiger partial charge in [0.25, 0.3) is 11.5 Å². The molecule has 30 heavy (non-hydrogen) atoms. The molecule has 0 unspecified atom stereocenters. The highest BCUT2D eigenvalue weighted by atomic mass is 19.4. The first kappa shape index (κ1) is 21.2. The van der Waals surface area contributed by atoms with Crippen molar-refractivity contribution < 1.29 is 18.0 Å². The van der Waals surface area contributed by atoms with Crippen molar-refractivity contribution in [3.63, 3.8) is 0 Å². The Bertz CT molecular complexity index is 1240. The molecule has 0 saturated heterocycles. The normalized spacial score (nSPS) is 11.5. The van der Waals surface area contributed by atoms with Crippen LogP contribution in [0.15, 0.2) is 46.0 Å². The number of H-pyrrole nitrogens is 1. The van der Waals surface area contributed by atoms with E-state index in [2.05, 4.69) is 10.3 Å². The van der Waals surface area contributed by atoms with Crippen molar-refractivity contribution in [3.05, 3.63) is 68.4 Å². The van der Waals surface area contributed by atoms with Gasteiger partial charge >= 0.3 is 11.9 Å². The lowest BCUT2D eigenvalue weighted by Gasteiger charge is -2.18. The van der Waals surface area contributed by atoms with E-state index in [1.807, 2.05) is 0 Å². The van der Waals surface area contributed by atoms with Gasteiger partial charge < -0.3 is 15.2 Å². The fraction of sp³-hybridized carbons (Fsp3) is 0.250. The number of amides is 1. The number of aromatic nitrogens is 2. The van der Waals surface area contributed by atoms with E-state index in [1.54, 1.807) is 21.0 Å². The topological polar surface area (TPSA) is 87.2 Å². The fourth-order valence-corrected chi connectivity index (χ4v) is 3.03. The third-order valence-corrected chi connectivity index (χ3v) is 4.63. The Morgan fingerprint density at radius 3 is 2.43 bits per heavy atom. The molecule has 2 aromatic carbocycles. The summed E-state index contributed by atoms with van der Waals surface area (Å²) in [7, 11) is 3.21. The van der Waals surface area contributed by atoms with Gasteiger partial charge in [0.05, 0.1) is 22.2 Å². The maximum atomic E-state index is 13.5. The summed E-state index contributed by atoms with van der Waals surface area (Å²) >= 11 is 0. The quantitative estimate of drug-likeness (QED) is 0.679. The molecule has 10 heteroatoms. The number of aromatic amines is 1. The van der Waals surface area contributed by atoms with E-state index in [0.717, 1.165) is 10.6 Å². The highest BCUT2D eigenvalue weighted by Crippen LogP contribution is 2.37. The number of benzene rings is 2. The first-order valence-electron chi connectivity index (χ1n) is 8.99. The molecule has 158 valence electrons. The van der Waals surface area contributed by atoms with Crippen molar-refractivity contribution in [1.29, 1.82) is 0 Å². The molecule has 7 nitrogen and oxygen atoms in total. The van der Waals surface area contributed by atoms with Gasteiger partial charge in [-0.15, -0.1) is 0 Å². The number of fused-ring (bicyclic) bond motifs is 1. The van der Waals surface area contributed by atoms with Gasteiger partial charge in [0, 0.05) is 31.9 Å². The molecule has 0 bridgehead atoms. The van der Waals surface area contributed by atoms with Crippen molar-refractivity contribution in [2.75, 3.05) is 24.3 Å². The second kappa shape index (κ2) is 7.69. The molecule has 3 aromatic rings. The van der Waals surface area contributed by atoms with E-state index in [9.17, 15) is 27.6 Å². The smallest absolute Gasteiger partial charge is 0.378 e. The molecule has 0 fully saturated rings. The van der Waals surface area contributed by atoms with Crippen molar-refractivity contribution in [1.82, 2.24) is 9.55 Å². The summed E-state index contributed by atoms with van der Waals surface area (Å²) in [6.07, 6.45) is -4.67. The summed E-state index contributed by atoms with van der Waals surface area (Å²) in [5.41, 5.74) is -2.07. The summed E-state index contributed by atoms with van der Waals surface area (Å²) in [6.45, 7) is 1.82. The number of hydrogen-bond donors (Lipinski definition) is 2. The minimum atomic E-state index is -4.67. The minimum absolute atomic E-state index is 0.00314. The van der Waals surface area contributed by atoms with Crippen LogP contribution in [0.4, 0.5) is 24.5 Å². The average molecular weight is 420 g/mol. The zero-order chi connectivity index (χ0) is 22.2. The van der Waals surface area contributed by atoms with Crippen LogP contribution in [0.1, 0.15) is 22.8 Å². The van der Waals surface area contributed by atoms with Crippen LogP contribution in [0.2, 0.25) is 0 Å². The van der Waals surface area contributed by atoms with Gasteiger partial charge in [0.1, 0.15) is 0 Å². The molecule has 0 radical (unpaired) electrons. The second-order valence-corrected chi connectivity index (χ2v) is 6.82. The standard InChI is InChI=1S/C20H19F3N4O3/c1-4-27-18(29)13-7-5-11(9-16(13)25-19(27)30)17(28)24-15-8-6-12(26(2)3)10-14(15)20(21,22)23/h5-10H,4H2,1-3H3,(H,24,28)(H,25,30). The Kier molecular flexibility index (Phi) is 5.43. The van der Waals surface area contributed by atoms with Crippen LogP contribution >= 0.6 is 0 Å². The van der Waals surface area contributed by atoms with E-state index in [4.69, 9.17) is 0 Å². The number of carbonyl (C=O) groups is 1. The van der Waals surface area contributed by atoms with Gasteiger partial charge in [-0.3, -0.25) is 14.2 Å². The van der Waals surface area contributed by atoms with Crippen molar-refractivity contribution in [3.8, 4) is 0 Å². The number of halogens is 3. The summed E-state index contributed by atoms with van der Waals surface area (Å²) < 4.78 is 41.4. The zero-order valence-electron chi connectivity index (χ0n) is 16.4. The average Bonchev–Trinajstić information content (AvgIpc) is 2.67. The third kappa shape index (κ3) is 3.93. The lowest BCUT2D eigenvalue weighted by Crippen LogP contribution is -2.34. The number of nitrogens with zero attached hydrogens (tertiary/aromatic N) is 2. The molecular formula is C20H19F3N4O3. The van der Waals surface area contributed by atoms with Crippen LogP contribution in [-0.2, 0) is 12.7 Å². The predicted octanol–water partition coefficient (Wildman–Crippen LogP) is 3.05. The minimum Gasteiger partial charge on any atom is -0.378 e. The number of alkyl halides is 3. The SMILES string of the molecule is CCn1c(=O)[nH]c2cc(C(=O)Nc3ccc(N(C)C)cc3C(F)(F)F)ccc2c1=O. The van der Waals surface area contributed by atoms with Gasteiger partial charge in [-0.2, -0.15) is 13.2 Å². The van der Waals surface area contributed by atoms with Gasteiger partial charge in [-0.05, 0) is 43.3 Å². The van der Waals surface area contributed by atoms with Crippen LogP contribution in [-0.4, -0.2) is 29.6 Å². The highest BCUT2D eigenvalue weighted by molar-refractivity contribution is 6.06. The molecule has 1 heterocycles. The monoisotopic (exact) mass is 420 g/mol. The van der Waals surface area contributed by atoms with E-state index >= 15 is 0 Å². The lowest BCUT2D eigenvalue weighted by atomic mass is 10.1. The van der Waals surface area contributed by atoms with Crippen LogP contribution in [0, 0.1) is 0 Å². The molecule has 0 aliphatic heterocycles. The Balaban J connectivity index is 2.01. The molecule has 1 aromatic heterocycles. The number of anilines is 2. The fourth-order valence-electron chi connectivity index (χ4n) is 3.03. The Hall–Kier alpha value is -3.56. The number of nitrogens with one attached hydrogen (secondary N) is 2. The van der Waals surface area contributed by atoms with E-state index < -0.39 is 34.6 Å². The van der Waals surface area contributed by atoms with Gasteiger partial charge in [-0.25, -0.2) is 4.79 Å². The van der Waals surface area contributed by atoms with Gasteiger partial charge in [-0.1, -0.05) is 0 Å². The molecule has 0 aliphatic carbocycles. The molecule has 2 N–H and O–H groups in total. The molecule has 0 saturated carbocycles. The van der Waals surface area contributed by atoms with E-state index in [1.165, 1.54) is 35.2 Å². The third-order valence-electron chi connectivity index (χ3n) is 4.63. The van der Waals surface area contributed by atoms with Crippen molar-refractivity contribution >= 4 is 28.2 Å². The van der Waals surface area contributed by atoms with Crippen LogP contribution in [0.25, 0.3) is 10.9 Å². The van der Waals surface area contributed by atoms with Crippen LogP contribution in [0.5, 0.6) is 0 Å². The van der Waals surface area contributed by atoms with Crippen molar-refractivity contribution in [2.45, 2.75) is 19.6 Å². The largest absolute Gasteiger partial charge is 0.418 e. The Labute approximate surface area is 168 Å². The maximum absolute atomic E-state index is 13.5.